The van der Waals surface area contributed by atoms with Gasteiger partial charge in [-0.15, -0.1) is 0 Å². The molecule has 0 aromatic heterocycles. The summed E-state index contributed by atoms with van der Waals surface area (Å²) in [7, 11) is 0. The van der Waals surface area contributed by atoms with E-state index >= 15 is 0 Å². The van der Waals surface area contributed by atoms with Crippen molar-refractivity contribution in [2.45, 2.75) is 212 Å². The average molecular weight is 1320 g/mol. The smallest absolute Gasteiger partial charge is 0.0561 e. The van der Waals surface area contributed by atoms with Crippen LogP contribution in [0.1, 0.15) is 205 Å². The minimum absolute atomic E-state index is 0.0486. The van der Waals surface area contributed by atoms with Crippen molar-refractivity contribution < 1.29 is 0 Å². The van der Waals surface area contributed by atoms with Crippen LogP contribution in [-0.4, -0.2) is 0 Å². The topological polar surface area (TPSA) is 13.0 Å². The number of nitrogens with zero attached hydrogens (tertiary/aromatic N) is 4. The molecule has 12 aromatic rings. The summed E-state index contributed by atoms with van der Waals surface area (Å²) in [5.41, 5.74) is 29.7. The molecule has 12 aromatic carbocycles. The fourth-order valence-electron chi connectivity index (χ4n) is 15.5. The fourth-order valence-corrected chi connectivity index (χ4v) is 15.5. The van der Waals surface area contributed by atoms with Crippen LogP contribution in [0.4, 0.5) is 68.2 Å². The molecule has 4 nitrogen and oxygen atoms in total. The summed E-state index contributed by atoms with van der Waals surface area (Å²) >= 11 is 0. The van der Waals surface area contributed by atoms with Crippen molar-refractivity contribution in [3.05, 3.63) is 273 Å². The van der Waals surface area contributed by atoms with Crippen LogP contribution >= 0.6 is 0 Å². The molecule has 0 saturated carbocycles. The van der Waals surface area contributed by atoms with Gasteiger partial charge in [0, 0.05) is 77.8 Å². The van der Waals surface area contributed by atoms with E-state index < -0.39 is 0 Å². The van der Waals surface area contributed by atoms with Crippen molar-refractivity contribution in [3.8, 4) is 0 Å². The largest absolute Gasteiger partial charge is 0.309 e. The van der Waals surface area contributed by atoms with Gasteiger partial charge >= 0.3 is 0 Å². The molecule has 0 atom stereocenters. The Morgan fingerprint density at radius 3 is 0.550 bits per heavy atom. The third-order valence-electron chi connectivity index (χ3n) is 21.5. The zero-order valence-electron chi connectivity index (χ0n) is 64.1. The summed E-state index contributed by atoms with van der Waals surface area (Å²) in [5, 5.41) is 7.27. The maximum Gasteiger partial charge on any atom is 0.0561 e. The van der Waals surface area contributed by atoms with E-state index in [9.17, 15) is 0 Å². The first-order valence-corrected chi connectivity index (χ1v) is 37.7. The molecule has 0 aliphatic rings. The molecule has 0 saturated heterocycles. The number of hydrogen-bond acceptors (Lipinski definition) is 4. The highest BCUT2D eigenvalue weighted by atomic mass is 15.2. The Hall–Kier alpha value is -9.12. The molecular weight excluding hydrogens is 1210 g/mol. The van der Waals surface area contributed by atoms with Crippen LogP contribution in [0.25, 0.3) is 32.3 Å². The molecule has 100 heavy (non-hydrogen) atoms. The van der Waals surface area contributed by atoms with E-state index in [2.05, 4.69) is 364 Å². The van der Waals surface area contributed by atoms with Crippen LogP contribution < -0.4 is 19.6 Å². The molecule has 0 radical (unpaired) electrons. The van der Waals surface area contributed by atoms with Crippen LogP contribution in [0.3, 0.4) is 0 Å². The van der Waals surface area contributed by atoms with E-state index in [4.69, 9.17) is 0 Å². The van der Waals surface area contributed by atoms with Gasteiger partial charge in [0.15, 0.2) is 0 Å². The van der Waals surface area contributed by atoms with Crippen molar-refractivity contribution in [1.82, 2.24) is 0 Å². The van der Waals surface area contributed by atoms with Crippen LogP contribution in [0.2, 0.25) is 0 Å². The number of aryl methyl sites for hydroxylation is 8. The van der Waals surface area contributed by atoms with Crippen molar-refractivity contribution >= 4 is 101 Å². The van der Waals surface area contributed by atoms with Crippen LogP contribution in [0.5, 0.6) is 0 Å². The molecule has 4 heteroatoms. The summed E-state index contributed by atoms with van der Waals surface area (Å²) < 4.78 is 0. The van der Waals surface area contributed by atoms with Gasteiger partial charge in [-0.1, -0.05) is 284 Å². The Morgan fingerprint density at radius 1 is 0.190 bits per heavy atom. The Kier molecular flexibility index (Phi) is 19.9. The second kappa shape index (κ2) is 28.1. The first kappa shape index (κ1) is 70.7. The SMILES string of the molecule is CCc1ccccc1N(c1ccc(C(C)(C)C)cc1CC)c1cc(N(c2ccccc2CC)c2ccc(C(C)(C)C)cc2CC)c2ccc3c(N(c4ccccc4CC)c4ccc(C(C)(C)C)cc4CC)cc(N(c4ccccc4CC)c4ccc(C(C)(C)C)cc4CC)c4ccc1c2c43. The maximum absolute atomic E-state index is 2.68. The Labute approximate surface area is 601 Å². The Balaban J connectivity index is 1.38. The minimum Gasteiger partial charge on any atom is -0.309 e. The molecule has 0 unspecified atom stereocenters. The van der Waals surface area contributed by atoms with E-state index in [0.717, 1.165) is 74.1 Å². The van der Waals surface area contributed by atoms with Crippen molar-refractivity contribution in [3.63, 3.8) is 0 Å². The van der Waals surface area contributed by atoms with Gasteiger partial charge in [-0.3, -0.25) is 0 Å². The van der Waals surface area contributed by atoms with Crippen LogP contribution in [0, 0.1) is 0 Å². The molecule has 514 valence electrons. The van der Waals surface area contributed by atoms with Gasteiger partial charge in [0.2, 0.25) is 0 Å². The summed E-state index contributed by atoms with van der Waals surface area (Å²) in [4.78, 5) is 10.7. The van der Waals surface area contributed by atoms with Crippen LogP contribution in [0.15, 0.2) is 206 Å². The van der Waals surface area contributed by atoms with E-state index in [1.165, 1.54) is 145 Å². The molecule has 0 aliphatic heterocycles. The van der Waals surface area contributed by atoms with Crippen LogP contribution in [-0.2, 0) is 73.0 Å². The van der Waals surface area contributed by atoms with Gasteiger partial charge < -0.3 is 19.6 Å². The van der Waals surface area contributed by atoms with E-state index in [-0.39, 0.29) is 21.7 Å². The summed E-state index contributed by atoms with van der Waals surface area (Å²) in [6, 6.07) is 81.5. The molecule has 0 spiro atoms. The highest BCUT2D eigenvalue weighted by Crippen LogP contribution is 2.57. The lowest BCUT2D eigenvalue weighted by Gasteiger charge is -2.37. The second-order valence-corrected chi connectivity index (χ2v) is 32.0. The van der Waals surface area contributed by atoms with Gasteiger partial charge in [0.1, 0.15) is 0 Å². The van der Waals surface area contributed by atoms with Crippen molar-refractivity contribution in [2.75, 3.05) is 19.6 Å². The lowest BCUT2D eigenvalue weighted by Crippen LogP contribution is -2.20. The lowest BCUT2D eigenvalue weighted by atomic mass is 9.84. The van der Waals surface area contributed by atoms with Gasteiger partial charge in [0.05, 0.1) is 22.7 Å². The number of benzene rings is 12. The quantitative estimate of drug-likeness (QED) is 0.0705. The monoisotopic (exact) mass is 1320 g/mol. The van der Waals surface area contributed by atoms with E-state index in [1.54, 1.807) is 0 Å². The molecule has 0 fully saturated rings. The molecular formula is C96H110N4. The second-order valence-electron chi connectivity index (χ2n) is 32.0. The van der Waals surface area contributed by atoms with Crippen molar-refractivity contribution in [1.29, 1.82) is 0 Å². The van der Waals surface area contributed by atoms with E-state index in [0.29, 0.717) is 0 Å². The Morgan fingerprint density at radius 2 is 0.370 bits per heavy atom. The number of rotatable bonds is 20. The molecule has 0 bridgehead atoms. The summed E-state index contributed by atoms with van der Waals surface area (Å²) in [6.45, 7) is 46.8. The third-order valence-corrected chi connectivity index (χ3v) is 21.5. The number of anilines is 12. The maximum atomic E-state index is 2.68. The zero-order valence-corrected chi connectivity index (χ0v) is 64.1. The molecule has 12 rings (SSSR count). The van der Waals surface area contributed by atoms with E-state index in [1.807, 2.05) is 0 Å². The summed E-state index contributed by atoms with van der Waals surface area (Å²) in [6.07, 6.45) is 6.93. The zero-order chi connectivity index (χ0) is 71.3. The lowest BCUT2D eigenvalue weighted by molar-refractivity contribution is 0.589. The molecule has 0 heterocycles. The standard InChI is InChI=1S/C96H110N4/c1-21-63-37-29-33-41-79(63)97(83-53-45-71(93(9,10)11)57-67(83)25-5)87-61-88(98(80-42-34-30-38-64(80)22-2)84-54-46-72(94(12,13)14)58-68(84)26-6)76-51-52-78-90(100(82-44-36-32-40-66(82)24-4)86-56-48-74(96(18,19)20)60-70(86)28-8)62-89(77-50-49-75(87)91(76)92(77)78)99(81-43-35-31-39-65(81)23-3)85-55-47-73(95(15,16)17)59-69(85)27-7/h29-62H,21-28H2,1-20H3. The first-order valence-electron chi connectivity index (χ1n) is 37.7. The molecule has 0 aliphatic carbocycles. The Bertz CT molecular complexity index is 4340. The van der Waals surface area contributed by atoms with Gasteiger partial charge in [-0.25, -0.2) is 0 Å². The highest BCUT2D eigenvalue weighted by molar-refractivity contribution is 6.33. The van der Waals surface area contributed by atoms with Crippen molar-refractivity contribution in [2.24, 2.45) is 0 Å². The summed E-state index contributed by atoms with van der Waals surface area (Å²) in [5.74, 6) is 0. The van der Waals surface area contributed by atoms with Gasteiger partial charge in [-0.05, 0) is 200 Å². The normalized spacial score (nSPS) is 12.3. The average Bonchev–Trinajstić information content (AvgIpc) is 0.697. The predicted molar refractivity (Wildman–Crippen MR) is 439 cm³/mol. The highest BCUT2D eigenvalue weighted by Gasteiger charge is 2.34. The molecule has 0 N–H and O–H groups in total. The first-order chi connectivity index (χ1) is 47.8. The van der Waals surface area contributed by atoms with Gasteiger partial charge in [-0.2, -0.15) is 0 Å². The third kappa shape index (κ3) is 13.1. The predicted octanol–water partition coefficient (Wildman–Crippen LogP) is 28.2. The molecule has 0 amide bonds. The number of para-hydroxylation sites is 4. The minimum atomic E-state index is -0.0486. The van der Waals surface area contributed by atoms with Gasteiger partial charge in [0.25, 0.3) is 0 Å². The fraction of sp³-hybridized carbons (Fsp3) is 0.333. The number of hydrogen-bond donors (Lipinski definition) is 0.